The van der Waals surface area contributed by atoms with Gasteiger partial charge >= 0.3 is 0 Å². The van der Waals surface area contributed by atoms with Crippen LogP contribution in [-0.4, -0.2) is 5.11 Å². The zero-order valence-corrected chi connectivity index (χ0v) is 9.58. The van der Waals surface area contributed by atoms with E-state index in [1.54, 1.807) is 11.3 Å². The molecule has 13 heavy (non-hydrogen) atoms. The molecular weight excluding hydrogens is 248 g/mol. The van der Waals surface area contributed by atoms with E-state index < -0.39 is 0 Å². The lowest BCUT2D eigenvalue weighted by Gasteiger charge is -1.98. The number of rotatable bonds is 1. The van der Waals surface area contributed by atoms with Crippen molar-refractivity contribution in [3.05, 3.63) is 33.1 Å². The van der Waals surface area contributed by atoms with E-state index in [-0.39, 0.29) is 6.61 Å². The highest BCUT2D eigenvalue weighted by Crippen LogP contribution is 2.36. The molecule has 0 unspecified atom stereocenters. The summed E-state index contributed by atoms with van der Waals surface area (Å²) in [6.45, 7) is 2.18. The van der Waals surface area contributed by atoms with Crippen LogP contribution in [-0.2, 0) is 6.61 Å². The van der Waals surface area contributed by atoms with Gasteiger partial charge in [-0.2, -0.15) is 0 Å². The van der Waals surface area contributed by atoms with E-state index in [2.05, 4.69) is 28.9 Å². The third kappa shape index (κ3) is 1.41. The number of thiophene rings is 1. The van der Waals surface area contributed by atoms with E-state index in [0.29, 0.717) is 0 Å². The van der Waals surface area contributed by atoms with E-state index >= 15 is 0 Å². The molecule has 0 fully saturated rings. The lowest BCUT2D eigenvalue weighted by atomic mass is 10.1. The fraction of sp³-hybridized carbons (Fsp3) is 0.200. The molecule has 1 aromatic heterocycles. The molecule has 1 aromatic carbocycles. The van der Waals surface area contributed by atoms with Gasteiger partial charge in [0.05, 0.1) is 6.61 Å². The maximum atomic E-state index is 9.15. The van der Waals surface area contributed by atoms with Crippen molar-refractivity contribution in [2.75, 3.05) is 0 Å². The first-order valence-electron chi connectivity index (χ1n) is 4.01. The summed E-state index contributed by atoms with van der Waals surface area (Å²) in [5, 5.41) is 10.3. The fourth-order valence-electron chi connectivity index (χ4n) is 1.43. The predicted octanol–water partition coefficient (Wildman–Crippen LogP) is 3.46. The summed E-state index contributed by atoms with van der Waals surface area (Å²) >= 11 is 5.29. The molecule has 1 N–H and O–H groups in total. The molecule has 1 heterocycles. The molecule has 2 rings (SSSR count). The van der Waals surface area contributed by atoms with Gasteiger partial charge in [-0.25, -0.2) is 0 Å². The molecule has 3 heteroatoms. The molecule has 0 aliphatic heterocycles. The van der Waals surface area contributed by atoms with E-state index in [1.165, 1.54) is 9.58 Å². The molecule has 0 aliphatic carbocycles. The second kappa shape index (κ2) is 3.40. The van der Waals surface area contributed by atoms with Crippen molar-refractivity contribution in [1.82, 2.24) is 0 Å². The molecule has 0 saturated carbocycles. The van der Waals surface area contributed by atoms with E-state index in [4.69, 9.17) is 5.11 Å². The zero-order valence-electron chi connectivity index (χ0n) is 7.17. The van der Waals surface area contributed by atoms with Gasteiger partial charge in [-0.05, 0) is 34.5 Å². The number of aliphatic hydroxyl groups excluding tert-OH is 1. The molecule has 0 radical (unpaired) electrons. The van der Waals surface area contributed by atoms with Gasteiger partial charge in [-0.3, -0.25) is 0 Å². The Balaban J connectivity index is 2.87. The topological polar surface area (TPSA) is 20.2 Å². The summed E-state index contributed by atoms with van der Waals surface area (Å²) in [5.41, 5.74) is 0.994. The van der Waals surface area contributed by atoms with Crippen molar-refractivity contribution in [1.29, 1.82) is 0 Å². The van der Waals surface area contributed by atoms with Crippen LogP contribution in [0, 0.1) is 6.92 Å². The number of fused-ring (bicyclic) bond motifs is 1. The highest BCUT2D eigenvalue weighted by Gasteiger charge is 2.09. The Morgan fingerprint density at radius 3 is 2.92 bits per heavy atom. The van der Waals surface area contributed by atoms with Crippen molar-refractivity contribution < 1.29 is 5.11 Å². The second-order valence-electron chi connectivity index (χ2n) is 2.92. The van der Waals surface area contributed by atoms with Crippen LogP contribution in [0.15, 0.2) is 22.7 Å². The average Bonchev–Trinajstić information content (AvgIpc) is 2.43. The molecule has 0 amide bonds. The lowest BCUT2D eigenvalue weighted by Crippen LogP contribution is -1.82. The van der Waals surface area contributed by atoms with Gasteiger partial charge in [0.15, 0.2) is 0 Å². The summed E-state index contributed by atoms with van der Waals surface area (Å²) in [5.74, 6) is 0. The fourth-order valence-corrected chi connectivity index (χ4v) is 3.27. The summed E-state index contributed by atoms with van der Waals surface area (Å²) in [6.07, 6.45) is 0. The maximum Gasteiger partial charge on any atom is 0.0688 e. The molecule has 1 nitrogen and oxygen atoms in total. The summed E-state index contributed by atoms with van der Waals surface area (Å²) in [6, 6.07) is 6.02. The maximum absolute atomic E-state index is 9.15. The molecular formula is C10H9BrOS. The van der Waals surface area contributed by atoms with E-state index in [9.17, 15) is 0 Å². The zero-order chi connectivity index (χ0) is 9.42. The number of benzene rings is 1. The highest BCUT2D eigenvalue weighted by molar-refractivity contribution is 9.10. The second-order valence-corrected chi connectivity index (χ2v) is 4.97. The molecule has 68 valence electrons. The number of aliphatic hydroxyl groups is 1. The Hall–Kier alpha value is -0.380. The van der Waals surface area contributed by atoms with Crippen LogP contribution >= 0.6 is 27.3 Å². The van der Waals surface area contributed by atoms with Gasteiger partial charge in [0.25, 0.3) is 0 Å². The Bertz CT molecular complexity index is 447. The normalized spacial score (nSPS) is 11.0. The quantitative estimate of drug-likeness (QED) is 0.829. The minimum absolute atomic E-state index is 0.103. The summed E-state index contributed by atoms with van der Waals surface area (Å²) in [7, 11) is 0. The Morgan fingerprint density at radius 2 is 2.23 bits per heavy atom. The van der Waals surface area contributed by atoms with Crippen molar-refractivity contribution in [2.45, 2.75) is 13.5 Å². The van der Waals surface area contributed by atoms with Crippen LogP contribution in [0.2, 0.25) is 0 Å². The third-order valence-electron chi connectivity index (χ3n) is 2.07. The van der Waals surface area contributed by atoms with Crippen LogP contribution in [0.3, 0.4) is 0 Å². The van der Waals surface area contributed by atoms with Crippen LogP contribution in [0.5, 0.6) is 0 Å². The molecule has 2 aromatic rings. The first-order valence-corrected chi connectivity index (χ1v) is 5.62. The minimum Gasteiger partial charge on any atom is -0.392 e. The largest absolute Gasteiger partial charge is 0.392 e. The lowest BCUT2D eigenvalue weighted by molar-refractivity contribution is 0.283. The summed E-state index contributed by atoms with van der Waals surface area (Å²) < 4.78 is 2.35. The molecule has 0 bridgehead atoms. The number of aryl methyl sites for hydroxylation is 1. The van der Waals surface area contributed by atoms with Gasteiger partial charge in [-0.1, -0.05) is 12.1 Å². The summed E-state index contributed by atoms with van der Waals surface area (Å²) in [4.78, 5) is 1.26. The van der Waals surface area contributed by atoms with Crippen molar-refractivity contribution >= 4 is 37.4 Å². The Morgan fingerprint density at radius 1 is 1.46 bits per heavy atom. The van der Waals surface area contributed by atoms with E-state index in [0.717, 1.165) is 15.4 Å². The third-order valence-corrected chi connectivity index (χ3v) is 4.40. The van der Waals surface area contributed by atoms with Crippen LogP contribution < -0.4 is 0 Å². The standard InChI is InChI=1S/C10H9BrOS/c1-6-10(11)9-7(5-12)3-2-4-8(9)13-6/h2-4,12H,5H2,1H3. The molecule has 0 aliphatic rings. The van der Waals surface area contributed by atoms with Crippen LogP contribution in [0.4, 0.5) is 0 Å². The average molecular weight is 257 g/mol. The smallest absolute Gasteiger partial charge is 0.0688 e. The van der Waals surface area contributed by atoms with Gasteiger partial charge < -0.3 is 5.11 Å². The van der Waals surface area contributed by atoms with Crippen molar-refractivity contribution in [3.8, 4) is 0 Å². The number of hydrogen-bond donors (Lipinski definition) is 1. The van der Waals surface area contributed by atoms with E-state index in [1.807, 2.05) is 12.1 Å². The van der Waals surface area contributed by atoms with Gasteiger partial charge in [-0.15, -0.1) is 11.3 Å². The molecule has 0 saturated heterocycles. The van der Waals surface area contributed by atoms with Crippen molar-refractivity contribution in [2.24, 2.45) is 0 Å². The number of hydrogen-bond acceptors (Lipinski definition) is 2. The first-order chi connectivity index (χ1) is 6.24. The van der Waals surface area contributed by atoms with Crippen molar-refractivity contribution in [3.63, 3.8) is 0 Å². The Labute approximate surface area is 89.1 Å². The molecule has 0 spiro atoms. The highest BCUT2D eigenvalue weighted by atomic mass is 79.9. The van der Waals surface area contributed by atoms with Crippen LogP contribution in [0.25, 0.3) is 10.1 Å². The van der Waals surface area contributed by atoms with Gasteiger partial charge in [0, 0.05) is 19.4 Å². The minimum atomic E-state index is 0.103. The Kier molecular flexibility index (Phi) is 2.41. The predicted molar refractivity (Wildman–Crippen MR) is 60.2 cm³/mol. The number of halogens is 1. The molecule has 0 atom stereocenters. The van der Waals surface area contributed by atoms with Crippen LogP contribution in [0.1, 0.15) is 10.4 Å². The monoisotopic (exact) mass is 256 g/mol. The van der Waals surface area contributed by atoms with Gasteiger partial charge in [0.2, 0.25) is 0 Å². The SMILES string of the molecule is Cc1sc2cccc(CO)c2c1Br. The first kappa shape index (κ1) is 9.19. The van der Waals surface area contributed by atoms with Gasteiger partial charge in [0.1, 0.15) is 0 Å².